The van der Waals surface area contributed by atoms with Crippen LogP contribution < -0.4 is 10.1 Å². The van der Waals surface area contributed by atoms with E-state index in [2.05, 4.69) is 25.3 Å². The smallest absolute Gasteiger partial charge is 0.271 e. The Morgan fingerprint density at radius 3 is 2.79 bits per heavy atom. The second-order valence-corrected chi connectivity index (χ2v) is 10.2. The lowest BCUT2D eigenvalue weighted by Crippen LogP contribution is -2.22. The zero-order valence-electron chi connectivity index (χ0n) is 22.7. The lowest BCUT2D eigenvalue weighted by Gasteiger charge is -2.24. The summed E-state index contributed by atoms with van der Waals surface area (Å²) in [4.78, 5) is 32.3. The van der Waals surface area contributed by atoms with Crippen molar-refractivity contribution in [2.75, 3.05) is 33.1 Å². The van der Waals surface area contributed by atoms with E-state index in [0.717, 1.165) is 42.6 Å². The zero-order valence-corrected chi connectivity index (χ0v) is 23.5. The van der Waals surface area contributed by atoms with E-state index in [1.807, 2.05) is 36.6 Å². The number of methoxy groups -OCH3 is 1. The molecular formula is C28H32ClN7O3. The Balaban J connectivity index is 1.53. The molecular weight excluding hydrogens is 518 g/mol. The third-order valence-electron chi connectivity index (χ3n) is 6.98. The molecule has 0 saturated carbocycles. The van der Waals surface area contributed by atoms with Gasteiger partial charge < -0.3 is 19.7 Å². The van der Waals surface area contributed by atoms with E-state index in [0.29, 0.717) is 39.1 Å². The molecule has 4 aromatic rings. The van der Waals surface area contributed by atoms with Crippen molar-refractivity contribution in [2.24, 2.45) is 0 Å². The van der Waals surface area contributed by atoms with Crippen molar-refractivity contribution in [3.8, 4) is 17.0 Å². The Hall–Kier alpha value is -3.76. The minimum Gasteiger partial charge on any atom is -0.496 e. The van der Waals surface area contributed by atoms with Gasteiger partial charge >= 0.3 is 0 Å². The number of pyridine rings is 1. The lowest BCUT2D eigenvalue weighted by atomic mass is 9.96. The summed E-state index contributed by atoms with van der Waals surface area (Å²) >= 11 is 6.74. The number of nitrogens with zero attached hydrogens (tertiary/aromatic N) is 6. The predicted molar refractivity (Wildman–Crippen MR) is 150 cm³/mol. The maximum atomic E-state index is 12.6. The Morgan fingerprint density at radius 2 is 2.08 bits per heavy atom. The van der Waals surface area contributed by atoms with Crippen LogP contribution in [0.15, 0.2) is 36.9 Å². The van der Waals surface area contributed by atoms with Gasteiger partial charge in [0, 0.05) is 36.9 Å². The number of amides is 1. The summed E-state index contributed by atoms with van der Waals surface area (Å²) in [6.45, 7) is 4.65. The van der Waals surface area contributed by atoms with Crippen LogP contribution in [-0.4, -0.2) is 63.1 Å². The molecule has 0 radical (unpaired) electrons. The van der Waals surface area contributed by atoms with Gasteiger partial charge in [0.2, 0.25) is 0 Å². The second-order valence-electron chi connectivity index (χ2n) is 9.82. The van der Waals surface area contributed by atoms with E-state index in [1.54, 1.807) is 33.6 Å². The minimum absolute atomic E-state index is 0.0786. The zero-order chi connectivity index (χ0) is 27.7. The molecule has 1 aliphatic rings. The number of hydrogen-bond donors (Lipinski definition) is 1. The molecule has 10 nitrogen and oxygen atoms in total. The first-order valence-electron chi connectivity index (χ1n) is 12.9. The SMILES string of the molecule is COc1c(C(C)Nc2ncnc3c2ncn3C2CCCCO2)cc(Cl)c(C)c1-c1cccc(C(=O)N(C)C)n1. The van der Waals surface area contributed by atoms with E-state index in [4.69, 9.17) is 21.1 Å². The highest BCUT2D eigenvalue weighted by Gasteiger charge is 2.25. The summed E-state index contributed by atoms with van der Waals surface area (Å²) in [6, 6.07) is 6.98. The molecule has 204 valence electrons. The van der Waals surface area contributed by atoms with Gasteiger partial charge in [0.25, 0.3) is 5.91 Å². The van der Waals surface area contributed by atoms with Gasteiger partial charge in [0.15, 0.2) is 17.0 Å². The fourth-order valence-electron chi connectivity index (χ4n) is 4.91. The molecule has 1 saturated heterocycles. The van der Waals surface area contributed by atoms with Crippen LogP contribution >= 0.6 is 11.6 Å². The number of halogens is 1. The number of nitrogens with one attached hydrogen (secondary N) is 1. The quantitative estimate of drug-likeness (QED) is 0.325. The van der Waals surface area contributed by atoms with E-state index in [1.165, 1.54) is 11.2 Å². The van der Waals surface area contributed by atoms with Gasteiger partial charge in [0.05, 0.1) is 25.2 Å². The van der Waals surface area contributed by atoms with Crippen LogP contribution in [0, 0.1) is 6.92 Å². The van der Waals surface area contributed by atoms with Crippen LogP contribution in [0.3, 0.4) is 0 Å². The number of imidazole rings is 1. The second kappa shape index (κ2) is 11.2. The molecule has 5 rings (SSSR count). The highest BCUT2D eigenvalue weighted by molar-refractivity contribution is 6.32. The summed E-state index contributed by atoms with van der Waals surface area (Å²) < 4.78 is 13.9. The molecule has 1 amide bonds. The van der Waals surface area contributed by atoms with Gasteiger partial charge in [-0.15, -0.1) is 0 Å². The van der Waals surface area contributed by atoms with Crippen molar-refractivity contribution in [1.82, 2.24) is 29.4 Å². The van der Waals surface area contributed by atoms with Gasteiger partial charge in [0.1, 0.15) is 24.0 Å². The molecule has 4 heterocycles. The predicted octanol–water partition coefficient (Wildman–Crippen LogP) is 5.43. The number of fused-ring (bicyclic) bond motifs is 1. The number of carbonyl (C=O) groups excluding carboxylic acids is 1. The lowest BCUT2D eigenvalue weighted by molar-refractivity contribution is -0.0298. The molecule has 1 fully saturated rings. The van der Waals surface area contributed by atoms with Crippen LogP contribution in [-0.2, 0) is 4.74 Å². The normalized spacial score (nSPS) is 16.2. The number of ether oxygens (including phenoxy) is 2. The largest absolute Gasteiger partial charge is 0.496 e. The molecule has 0 bridgehead atoms. The van der Waals surface area contributed by atoms with Crippen molar-refractivity contribution >= 4 is 34.5 Å². The Kier molecular flexibility index (Phi) is 7.67. The number of benzene rings is 1. The summed E-state index contributed by atoms with van der Waals surface area (Å²) in [5.41, 5.74) is 4.67. The number of anilines is 1. The molecule has 0 aliphatic carbocycles. The van der Waals surface area contributed by atoms with Crippen molar-refractivity contribution in [3.63, 3.8) is 0 Å². The first-order valence-corrected chi connectivity index (χ1v) is 13.3. The monoisotopic (exact) mass is 549 g/mol. The molecule has 1 aliphatic heterocycles. The van der Waals surface area contributed by atoms with Crippen LogP contribution in [0.5, 0.6) is 5.75 Å². The van der Waals surface area contributed by atoms with Crippen LogP contribution in [0.4, 0.5) is 5.82 Å². The van der Waals surface area contributed by atoms with Gasteiger partial charge in [-0.1, -0.05) is 17.7 Å². The number of rotatable bonds is 7. The van der Waals surface area contributed by atoms with E-state index in [-0.39, 0.29) is 18.2 Å². The molecule has 2 atom stereocenters. The Morgan fingerprint density at radius 1 is 1.26 bits per heavy atom. The summed E-state index contributed by atoms with van der Waals surface area (Å²) in [5, 5.41) is 4.04. The third kappa shape index (κ3) is 5.14. The third-order valence-corrected chi connectivity index (χ3v) is 7.38. The minimum atomic E-state index is -0.266. The molecule has 0 spiro atoms. The first kappa shape index (κ1) is 26.8. The average molecular weight is 550 g/mol. The van der Waals surface area contributed by atoms with Gasteiger partial charge in [-0.2, -0.15) is 0 Å². The van der Waals surface area contributed by atoms with E-state index >= 15 is 0 Å². The van der Waals surface area contributed by atoms with E-state index in [9.17, 15) is 4.79 Å². The van der Waals surface area contributed by atoms with Crippen molar-refractivity contribution in [2.45, 2.75) is 45.4 Å². The molecule has 3 aromatic heterocycles. The highest BCUT2D eigenvalue weighted by Crippen LogP contribution is 2.42. The average Bonchev–Trinajstić information content (AvgIpc) is 3.39. The van der Waals surface area contributed by atoms with Crippen LogP contribution in [0.1, 0.15) is 60.1 Å². The Labute approximate surface area is 232 Å². The molecule has 11 heteroatoms. The van der Waals surface area contributed by atoms with E-state index < -0.39 is 0 Å². The molecule has 39 heavy (non-hydrogen) atoms. The van der Waals surface area contributed by atoms with Crippen molar-refractivity contribution in [1.29, 1.82) is 0 Å². The topological polar surface area (TPSA) is 107 Å². The molecule has 1 aromatic carbocycles. The number of carbonyl (C=O) groups is 1. The van der Waals surface area contributed by atoms with Crippen LogP contribution in [0.25, 0.3) is 22.4 Å². The summed E-state index contributed by atoms with van der Waals surface area (Å²) in [5.74, 6) is 1.03. The fourth-order valence-corrected chi connectivity index (χ4v) is 5.12. The summed E-state index contributed by atoms with van der Waals surface area (Å²) in [7, 11) is 5.01. The van der Waals surface area contributed by atoms with Crippen molar-refractivity contribution in [3.05, 3.63) is 58.8 Å². The Bertz CT molecular complexity index is 1510. The number of hydrogen-bond acceptors (Lipinski definition) is 8. The van der Waals surface area contributed by atoms with Crippen LogP contribution in [0.2, 0.25) is 5.02 Å². The standard InChI is InChI=1S/C28H32ClN7O3/c1-16-19(29)13-18(25(38-5)23(16)20-9-8-10-21(34-20)28(37)35(3)4)17(2)33-26-24-27(31-14-30-26)36(15-32-24)22-11-6-7-12-39-22/h8-10,13-15,17,22H,6-7,11-12H2,1-5H3,(H,30,31,33). The van der Waals surface area contributed by atoms with Gasteiger partial charge in [-0.3, -0.25) is 9.36 Å². The van der Waals surface area contributed by atoms with Gasteiger partial charge in [-0.25, -0.2) is 19.9 Å². The highest BCUT2D eigenvalue weighted by atomic mass is 35.5. The molecule has 1 N–H and O–H groups in total. The summed E-state index contributed by atoms with van der Waals surface area (Å²) in [6.07, 6.45) is 6.31. The van der Waals surface area contributed by atoms with Crippen molar-refractivity contribution < 1.29 is 14.3 Å². The first-order chi connectivity index (χ1) is 18.8. The number of aromatic nitrogens is 5. The van der Waals surface area contributed by atoms with Gasteiger partial charge in [-0.05, 0) is 56.9 Å². The fraction of sp³-hybridized carbons (Fsp3) is 0.393. The molecule has 2 unspecified atom stereocenters. The maximum absolute atomic E-state index is 12.6. The maximum Gasteiger partial charge on any atom is 0.271 e.